The zero-order valence-corrected chi connectivity index (χ0v) is 18.2. The normalized spacial score (nSPS) is 11.3. The van der Waals surface area contributed by atoms with Crippen molar-refractivity contribution >= 4 is 21.6 Å². The van der Waals surface area contributed by atoms with Crippen molar-refractivity contribution in [1.82, 2.24) is 14.9 Å². The van der Waals surface area contributed by atoms with Crippen LogP contribution in [-0.4, -0.2) is 37.5 Å². The first-order valence-electron chi connectivity index (χ1n) is 9.69. The Bertz CT molecular complexity index is 1110. The van der Waals surface area contributed by atoms with E-state index in [1.165, 1.54) is 11.4 Å². The van der Waals surface area contributed by atoms with Crippen LogP contribution in [0.15, 0.2) is 66.1 Å². The largest absolute Gasteiger partial charge is 0.352 e. The second-order valence-electron chi connectivity index (χ2n) is 7.20. The van der Waals surface area contributed by atoms with Gasteiger partial charge in [-0.25, -0.2) is 13.4 Å². The van der Waals surface area contributed by atoms with Gasteiger partial charge in [-0.15, -0.1) is 0 Å². The number of nitrogens with one attached hydrogen (secondary N) is 1. The summed E-state index contributed by atoms with van der Waals surface area (Å²) in [5.74, 6) is -0.181. The Labute approximate surface area is 177 Å². The number of benzene rings is 2. The quantitative estimate of drug-likeness (QED) is 0.561. The Morgan fingerprint density at radius 2 is 1.87 bits per heavy atom. The molecule has 3 rings (SSSR count). The van der Waals surface area contributed by atoms with Crippen molar-refractivity contribution in [2.24, 2.45) is 0 Å². The fraction of sp³-hybridized carbons (Fsp3) is 0.273. The second-order valence-corrected chi connectivity index (χ2v) is 9.17. The summed E-state index contributed by atoms with van der Waals surface area (Å²) in [6.45, 7) is 5.03. The number of carbonyl (C=O) groups is 1. The average Bonchev–Trinajstić information content (AvgIpc) is 3.24. The molecule has 0 aliphatic rings. The van der Waals surface area contributed by atoms with E-state index in [-0.39, 0.29) is 10.8 Å². The number of hydrogen-bond acceptors (Lipinski definition) is 4. The van der Waals surface area contributed by atoms with Gasteiger partial charge < -0.3 is 9.88 Å². The molecule has 1 amide bonds. The monoisotopic (exact) mass is 426 g/mol. The van der Waals surface area contributed by atoms with E-state index in [0.29, 0.717) is 23.4 Å². The first kappa shape index (κ1) is 21.6. The molecule has 7 nitrogen and oxygen atoms in total. The third-order valence-electron chi connectivity index (χ3n) is 4.92. The molecule has 0 bridgehead atoms. The lowest BCUT2D eigenvalue weighted by Crippen LogP contribution is -2.28. The zero-order valence-electron chi connectivity index (χ0n) is 17.4. The molecule has 0 aliphatic carbocycles. The van der Waals surface area contributed by atoms with Crippen molar-refractivity contribution in [3.05, 3.63) is 77.9 Å². The highest BCUT2D eigenvalue weighted by Gasteiger charge is 2.22. The topological polar surface area (TPSA) is 84.3 Å². The smallest absolute Gasteiger partial charge is 0.264 e. The van der Waals surface area contributed by atoms with Gasteiger partial charge in [0.1, 0.15) is 0 Å². The first-order chi connectivity index (χ1) is 14.3. The number of rotatable bonds is 8. The highest BCUT2D eigenvalue weighted by molar-refractivity contribution is 7.92. The van der Waals surface area contributed by atoms with Crippen LogP contribution in [-0.2, 0) is 16.6 Å². The summed E-state index contributed by atoms with van der Waals surface area (Å²) in [6.07, 6.45) is 6.13. The predicted molar refractivity (Wildman–Crippen MR) is 117 cm³/mol. The predicted octanol–water partition coefficient (Wildman–Crippen LogP) is 3.15. The fourth-order valence-corrected chi connectivity index (χ4v) is 4.39. The number of aromatic nitrogens is 2. The van der Waals surface area contributed by atoms with E-state index in [1.807, 2.05) is 17.7 Å². The van der Waals surface area contributed by atoms with Gasteiger partial charge >= 0.3 is 0 Å². The van der Waals surface area contributed by atoms with E-state index in [4.69, 9.17) is 0 Å². The van der Waals surface area contributed by atoms with Gasteiger partial charge in [0.25, 0.3) is 15.9 Å². The standard InChI is InChI=1S/C22H26N4O3S/c1-17-5-8-20(9-6-17)30(28,29)25(3)21-10-7-19(15-18(21)2)22(27)24-11-4-13-26-14-12-23-16-26/h5-10,12,14-16H,4,11,13H2,1-3H3,(H,24,27). The molecule has 8 heteroatoms. The summed E-state index contributed by atoms with van der Waals surface area (Å²) in [4.78, 5) is 16.6. The average molecular weight is 427 g/mol. The molecule has 1 aromatic heterocycles. The maximum atomic E-state index is 12.9. The molecule has 0 atom stereocenters. The molecular formula is C22H26N4O3S. The number of aryl methyl sites for hydroxylation is 3. The van der Waals surface area contributed by atoms with Gasteiger partial charge in [0, 0.05) is 38.1 Å². The SMILES string of the molecule is Cc1ccc(S(=O)(=O)N(C)c2ccc(C(=O)NCCCn3ccnc3)cc2C)cc1. The molecule has 0 saturated carbocycles. The summed E-state index contributed by atoms with van der Waals surface area (Å²) >= 11 is 0. The lowest BCUT2D eigenvalue weighted by Gasteiger charge is -2.22. The molecule has 3 aromatic rings. The summed E-state index contributed by atoms with van der Waals surface area (Å²) in [5, 5.41) is 2.89. The lowest BCUT2D eigenvalue weighted by atomic mass is 10.1. The van der Waals surface area contributed by atoms with E-state index in [0.717, 1.165) is 18.5 Å². The Morgan fingerprint density at radius 1 is 1.13 bits per heavy atom. The number of amides is 1. The molecule has 0 radical (unpaired) electrons. The van der Waals surface area contributed by atoms with Crippen LogP contribution in [0.3, 0.4) is 0 Å². The number of anilines is 1. The molecule has 1 N–H and O–H groups in total. The van der Waals surface area contributed by atoms with Crippen LogP contribution in [0, 0.1) is 13.8 Å². The highest BCUT2D eigenvalue weighted by atomic mass is 32.2. The van der Waals surface area contributed by atoms with E-state index in [9.17, 15) is 13.2 Å². The van der Waals surface area contributed by atoms with Crippen molar-refractivity contribution in [3.8, 4) is 0 Å². The Hall–Kier alpha value is -3.13. The Balaban J connectivity index is 1.66. The highest BCUT2D eigenvalue weighted by Crippen LogP contribution is 2.26. The number of nitrogens with zero attached hydrogens (tertiary/aromatic N) is 3. The molecular weight excluding hydrogens is 400 g/mol. The zero-order chi connectivity index (χ0) is 21.7. The first-order valence-corrected chi connectivity index (χ1v) is 11.1. The van der Waals surface area contributed by atoms with E-state index in [1.54, 1.807) is 61.9 Å². The summed E-state index contributed by atoms with van der Waals surface area (Å²) in [7, 11) is -2.16. The molecule has 0 unspecified atom stereocenters. The van der Waals surface area contributed by atoms with Crippen LogP contribution in [0.5, 0.6) is 0 Å². The number of carbonyl (C=O) groups excluding carboxylic acids is 1. The number of imidazole rings is 1. The Kier molecular flexibility index (Phi) is 6.56. The van der Waals surface area contributed by atoms with Gasteiger partial charge in [-0.3, -0.25) is 9.10 Å². The van der Waals surface area contributed by atoms with Gasteiger partial charge in [-0.1, -0.05) is 17.7 Å². The van der Waals surface area contributed by atoms with Crippen molar-refractivity contribution in [1.29, 1.82) is 0 Å². The molecule has 1 heterocycles. The van der Waals surface area contributed by atoms with Crippen LogP contribution in [0.2, 0.25) is 0 Å². The minimum atomic E-state index is -3.68. The summed E-state index contributed by atoms with van der Waals surface area (Å²) in [5.41, 5.74) is 2.74. The van der Waals surface area contributed by atoms with Crippen molar-refractivity contribution in [2.75, 3.05) is 17.9 Å². The van der Waals surface area contributed by atoms with Gasteiger partial charge in [0.05, 0.1) is 16.9 Å². The van der Waals surface area contributed by atoms with E-state index < -0.39 is 10.0 Å². The fourth-order valence-electron chi connectivity index (χ4n) is 3.13. The molecule has 2 aromatic carbocycles. The molecule has 0 spiro atoms. The molecule has 0 fully saturated rings. The van der Waals surface area contributed by atoms with Gasteiger partial charge in [-0.2, -0.15) is 0 Å². The summed E-state index contributed by atoms with van der Waals surface area (Å²) in [6, 6.07) is 11.8. The molecule has 158 valence electrons. The van der Waals surface area contributed by atoms with Crippen LogP contribution in [0.4, 0.5) is 5.69 Å². The van der Waals surface area contributed by atoms with Crippen LogP contribution in [0.1, 0.15) is 27.9 Å². The Morgan fingerprint density at radius 3 is 2.50 bits per heavy atom. The maximum absolute atomic E-state index is 12.9. The maximum Gasteiger partial charge on any atom is 0.264 e. The van der Waals surface area contributed by atoms with Gasteiger partial charge in [0.15, 0.2) is 0 Å². The van der Waals surface area contributed by atoms with Crippen molar-refractivity contribution in [3.63, 3.8) is 0 Å². The third kappa shape index (κ3) is 4.88. The molecule has 0 aliphatic heterocycles. The number of sulfonamides is 1. The van der Waals surface area contributed by atoms with Gasteiger partial charge in [0.2, 0.25) is 0 Å². The minimum absolute atomic E-state index is 0.181. The van der Waals surface area contributed by atoms with Crippen molar-refractivity contribution in [2.45, 2.75) is 31.7 Å². The lowest BCUT2D eigenvalue weighted by molar-refractivity contribution is 0.0952. The van der Waals surface area contributed by atoms with E-state index in [2.05, 4.69) is 10.3 Å². The van der Waals surface area contributed by atoms with Crippen LogP contribution < -0.4 is 9.62 Å². The van der Waals surface area contributed by atoms with Gasteiger partial charge in [-0.05, 0) is 56.2 Å². The summed E-state index contributed by atoms with van der Waals surface area (Å²) < 4.78 is 29.1. The number of hydrogen-bond donors (Lipinski definition) is 1. The second kappa shape index (κ2) is 9.13. The molecule has 0 saturated heterocycles. The minimum Gasteiger partial charge on any atom is -0.352 e. The van der Waals surface area contributed by atoms with E-state index >= 15 is 0 Å². The third-order valence-corrected chi connectivity index (χ3v) is 6.70. The van der Waals surface area contributed by atoms with Crippen LogP contribution in [0.25, 0.3) is 0 Å². The van der Waals surface area contributed by atoms with Crippen LogP contribution >= 0.6 is 0 Å². The van der Waals surface area contributed by atoms with Crippen molar-refractivity contribution < 1.29 is 13.2 Å². The molecule has 30 heavy (non-hydrogen) atoms.